The van der Waals surface area contributed by atoms with Gasteiger partial charge in [-0.15, -0.1) is 0 Å². The van der Waals surface area contributed by atoms with E-state index >= 15 is 0 Å². The number of hydrogen-bond acceptors (Lipinski definition) is 6. The summed E-state index contributed by atoms with van der Waals surface area (Å²) in [6.07, 6.45) is 3.10. The molecule has 4 rings (SSSR count). The van der Waals surface area contributed by atoms with Gasteiger partial charge in [0, 0.05) is 18.3 Å². The fraction of sp³-hybridized carbons (Fsp3) is 0.190. The highest BCUT2D eigenvalue weighted by Gasteiger charge is 2.16. The second-order valence-corrected chi connectivity index (χ2v) is 6.84. The Morgan fingerprint density at radius 2 is 1.83 bits per heavy atom. The Bertz CT molecular complexity index is 1210. The Kier molecular flexibility index (Phi) is 5.01. The molecule has 0 aliphatic carbocycles. The van der Waals surface area contributed by atoms with Crippen LogP contribution in [0, 0.1) is 13.8 Å². The molecule has 0 aliphatic heterocycles. The van der Waals surface area contributed by atoms with Gasteiger partial charge in [0.15, 0.2) is 0 Å². The monoisotopic (exact) mass is 403 g/mol. The summed E-state index contributed by atoms with van der Waals surface area (Å²) in [5.41, 5.74) is 4.25. The zero-order valence-electron chi connectivity index (χ0n) is 17.1. The molecule has 3 aromatic heterocycles. The van der Waals surface area contributed by atoms with E-state index in [0.717, 1.165) is 22.7 Å². The number of anilines is 1. The molecule has 0 bridgehead atoms. The molecule has 0 atom stereocenters. The predicted octanol–water partition coefficient (Wildman–Crippen LogP) is 2.94. The number of benzene rings is 1. The molecule has 3 heterocycles. The zero-order valence-corrected chi connectivity index (χ0v) is 17.1. The maximum absolute atomic E-state index is 12.7. The molecule has 30 heavy (non-hydrogen) atoms. The van der Waals surface area contributed by atoms with Crippen LogP contribution in [0.15, 0.2) is 48.8 Å². The van der Waals surface area contributed by atoms with Crippen molar-refractivity contribution in [2.45, 2.75) is 13.8 Å². The first kappa shape index (κ1) is 19.3. The SMILES string of the molecule is COc1cccc(-c2cc(C(=O)Nc3cnc(-n4nc(C)cc4C)nc3)n(C)n2)c1. The summed E-state index contributed by atoms with van der Waals surface area (Å²) in [5, 5.41) is 11.6. The largest absolute Gasteiger partial charge is 0.497 e. The summed E-state index contributed by atoms with van der Waals surface area (Å²) < 4.78 is 8.45. The summed E-state index contributed by atoms with van der Waals surface area (Å²) in [6.45, 7) is 3.84. The molecule has 1 amide bonds. The number of hydrogen-bond donors (Lipinski definition) is 1. The molecule has 9 heteroatoms. The van der Waals surface area contributed by atoms with Crippen LogP contribution < -0.4 is 10.1 Å². The van der Waals surface area contributed by atoms with Crippen molar-refractivity contribution in [1.29, 1.82) is 0 Å². The maximum Gasteiger partial charge on any atom is 0.274 e. The van der Waals surface area contributed by atoms with Gasteiger partial charge in [0.1, 0.15) is 11.4 Å². The minimum atomic E-state index is -0.304. The van der Waals surface area contributed by atoms with Gasteiger partial charge in [-0.1, -0.05) is 12.1 Å². The van der Waals surface area contributed by atoms with E-state index in [1.165, 1.54) is 4.68 Å². The van der Waals surface area contributed by atoms with Crippen LogP contribution in [0.5, 0.6) is 5.75 Å². The van der Waals surface area contributed by atoms with Crippen LogP contribution in [0.4, 0.5) is 5.69 Å². The summed E-state index contributed by atoms with van der Waals surface area (Å²) in [4.78, 5) is 21.4. The Balaban J connectivity index is 1.53. The van der Waals surface area contributed by atoms with Gasteiger partial charge in [-0.2, -0.15) is 10.2 Å². The molecule has 9 nitrogen and oxygen atoms in total. The first-order valence-corrected chi connectivity index (χ1v) is 9.30. The molecule has 0 fully saturated rings. The predicted molar refractivity (Wildman–Crippen MR) is 112 cm³/mol. The lowest BCUT2D eigenvalue weighted by molar-refractivity contribution is 0.101. The van der Waals surface area contributed by atoms with Crippen molar-refractivity contribution in [3.63, 3.8) is 0 Å². The maximum atomic E-state index is 12.7. The lowest BCUT2D eigenvalue weighted by Crippen LogP contribution is -2.16. The molecule has 0 aliphatic rings. The van der Waals surface area contributed by atoms with E-state index in [9.17, 15) is 4.79 Å². The lowest BCUT2D eigenvalue weighted by atomic mass is 10.1. The van der Waals surface area contributed by atoms with E-state index in [-0.39, 0.29) is 5.91 Å². The Morgan fingerprint density at radius 3 is 2.50 bits per heavy atom. The summed E-state index contributed by atoms with van der Waals surface area (Å²) in [6, 6.07) is 11.2. The van der Waals surface area contributed by atoms with E-state index < -0.39 is 0 Å². The minimum Gasteiger partial charge on any atom is -0.497 e. The number of carbonyl (C=O) groups excluding carboxylic acids is 1. The third-order valence-corrected chi connectivity index (χ3v) is 4.57. The smallest absolute Gasteiger partial charge is 0.274 e. The highest BCUT2D eigenvalue weighted by molar-refractivity contribution is 6.03. The number of ether oxygens (including phenoxy) is 1. The molecule has 0 saturated heterocycles. The van der Waals surface area contributed by atoms with Gasteiger partial charge < -0.3 is 10.1 Å². The first-order valence-electron chi connectivity index (χ1n) is 9.30. The molecule has 4 aromatic rings. The highest BCUT2D eigenvalue weighted by Crippen LogP contribution is 2.23. The van der Waals surface area contributed by atoms with Crippen LogP contribution in [0.3, 0.4) is 0 Å². The van der Waals surface area contributed by atoms with E-state index in [4.69, 9.17) is 4.74 Å². The standard InChI is InChI=1S/C21H21N7O2/c1-13-8-14(2)28(25-13)21-22-11-16(12-23-21)24-20(29)19-10-18(26-27(19)3)15-6-5-7-17(9-15)30-4/h5-12H,1-4H3,(H,24,29). The normalized spacial score (nSPS) is 10.8. The molecular formula is C21H21N7O2. The van der Waals surface area contributed by atoms with Gasteiger partial charge in [0.25, 0.3) is 11.9 Å². The summed E-state index contributed by atoms with van der Waals surface area (Å²) in [5.74, 6) is 0.866. The molecule has 0 saturated carbocycles. The Labute approximate surface area is 173 Å². The van der Waals surface area contributed by atoms with E-state index in [1.54, 1.807) is 37.3 Å². The number of rotatable bonds is 5. The van der Waals surface area contributed by atoms with Crippen molar-refractivity contribution in [1.82, 2.24) is 29.5 Å². The molecule has 1 N–H and O–H groups in total. The number of nitrogens with one attached hydrogen (secondary N) is 1. The van der Waals surface area contributed by atoms with Crippen molar-refractivity contribution < 1.29 is 9.53 Å². The van der Waals surface area contributed by atoms with Gasteiger partial charge in [-0.3, -0.25) is 9.48 Å². The second-order valence-electron chi connectivity index (χ2n) is 6.84. The van der Waals surface area contributed by atoms with Crippen molar-refractivity contribution in [2.24, 2.45) is 7.05 Å². The van der Waals surface area contributed by atoms with Crippen LogP contribution in [0.1, 0.15) is 21.9 Å². The van der Waals surface area contributed by atoms with E-state index in [2.05, 4.69) is 25.5 Å². The number of methoxy groups -OCH3 is 1. The fourth-order valence-corrected chi connectivity index (χ4v) is 3.12. The van der Waals surface area contributed by atoms with E-state index in [1.807, 2.05) is 44.2 Å². The minimum absolute atomic E-state index is 0.304. The Hall–Kier alpha value is -4.01. The number of aryl methyl sites for hydroxylation is 3. The quantitative estimate of drug-likeness (QED) is 0.550. The average Bonchev–Trinajstić information content (AvgIpc) is 3.30. The molecule has 0 unspecified atom stereocenters. The van der Waals surface area contributed by atoms with E-state index in [0.29, 0.717) is 23.0 Å². The van der Waals surface area contributed by atoms with Crippen LogP contribution in [0.2, 0.25) is 0 Å². The lowest BCUT2D eigenvalue weighted by Gasteiger charge is -2.06. The number of aromatic nitrogens is 6. The van der Waals surface area contributed by atoms with Crippen LogP contribution in [-0.4, -0.2) is 42.5 Å². The van der Waals surface area contributed by atoms with Crippen LogP contribution in [-0.2, 0) is 7.05 Å². The highest BCUT2D eigenvalue weighted by atomic mass is 16.5. The first-order chi connectivity index (χ1) is 14.4. The number of carbonyl (C=O) groups is 1. The average molecular weight is 403 g/mol. The Morgan fingerprint density at radius 1 is 1.07 bits per heavy atom. The topological polar surface area (TPSA) is 99.7 Å². The van der Waals surface area contributed by atoms with Crippen molar-refractivity contribution >= 4 is 11.6 Å². The van der Waals surface area contributed by atoms with Gasteiger partial charge in [-0.25, -0.2) is 14.6 Å². The third-order valence-electron chi connectivity index (χ3n) is 4.57. The molecule has 1 aromatic carbocycles. The van der Waals surface area contributed by atoms with Crippen molar-refractivity contribution in [2.75, 3.05) is 12.4 Å². The van der Waals surface area contributed by atoms with Gasteiger partial charge >= 0.3 is 0 Å². The molecule has 0 radical (unpaired) electrons. The number of nitrogens with zero attached hydrogens (tertiary/aromatic N) is 6. The molecule has 152 valence electrons. The summed E-state index contributed by atoms with van der Waals surface area (Å²) in [7, 11) is 3.33. The molecule has 0 spiro atoms. The number of amides is 1. The van der Waals surface area contributed by atoms with Crippen molar-refractivity contribution in [3.8, 4) is 23.0 Å². The van der Waals surface area contributed by atoms with Gasteiger partial charge in [0.05, 0.1) is 36.6 Å². The van der Waals surface area contributed by atoms with Gasteiger partial charge in [0.2, 0.25) is 0 Å². The zero-order chi connectivity index (χ0) is 21.3. The second kappa shape index (κ2) is 7.78. The third kappa shape index (κ3) is 3.77. The van der Waals surface area contributed by atoms with Gasteiger partial charge in [-0.05, 0) is 38.1 Å². The summed E-state index contributed by atoms with van der Waals surface area (Å²) >= 11 is 0. The molecular weight excluding hydrogens is 382 g/mol. The van der Waals surface area contributed by atoms with Crippen LogP contribution in [0.25, 0.3) is 17.2 Å². The van der Waals surface area contributed by atoms with Crippen LogP contribution >= 0.6 is 0 Å². The fourth-order valence-electron chi connectivity index (χ4n) is 3.12. The van der Waals surface area contributed by atoms with Crippen molar-refractivity contribution in [3.05, 3.63) is 65.9 Å².